The van der Waals surface area contributed by atoms with Crippen LogP contribution in [0.25, 0.3) is 22.8 Å². The minimum Gasteiger partial charge on any atom is -0.265 e. The van der Waals surface area contributed by atoms with Crippen molar-refractivity contribution in [2.24, 2.45) is 0 Å². The molecule has 280 valence electrons. The van der Waals surface area contributed by atoms with Crippen LogP contribution < -0.4 is 0 Å². The van der Waals surface area contributed by atoms with Crippen LogP contribution in [0.1, 0.15) is 13.8 Å². The normalized spacial score (nSPS) is 12.2. The van der Waals surface area contributed by atoms with Gasteiger partial charge in [-0.15, -0.1) is 0 Å². The summed E-state index contributed by atoms with van der Waals surface area (Å²) in [5.41, 5.74) is 3.66. The average Bonchev–Trinajstić information content (AvgIpc) is 3.02. The Morgan fingerprint density at radius 3 is 0.667 bits per heavy atom. The van der Waals surface area contributed by atoms with Crippen LogP contribution in [-0.4, -0.2) is 24.9 Å². The van der Waals surface area contributed by atoms with Gasteiger partial charge < -0.3 is 0 Å². The summed E-state index contributed by atoms with van der Waals surface area (Å²) in [5, 5.41) is 14.6. The molecule has 51 heavy (non-hydrogen) atoms. The summed E-state index contributed by atoms with van der Waals surface area (Å²) in [6, 6.07) is 32.4. The van der Waals surface area contributed by atoms with E-state index in [9.17, 15) is 50.4 Å². The topological polar surface area (TPSA) is 112 Å². The molecule has 0 aliphatic heterocycles. The molecule has 0 radical (unpaired) electrons. The predicted octanol–water partition coefficient (Wildman–Crippen LogP) is 13.2. The van der Waals surface area contributed by atoms with E-state index in [4.69, 9.17) is 10.5 Å². The third kappa shape index (κ3) is 49.9. The Bertz CT molecular complexity index is 1460. The fraction of sp³-hybridized carbons (Fsp3) is 0.0690. The van der Waals surface area contributed by atoms with E-state index in [2.05, 4.69) is 24.9 Å². The van der Waals surface area contributed by atoms with Gasteiger partial charge in [0.05, 0.1) is 34.9 Å². The molecule has 0 saturated heterocycles. The van der Waals surface area contributed by atoms with Crippen molar-refractivity contribution in [3.8, 4) is 34.9 Å². The number of rotatable bonds is 2. The Morgan fingerprint density at radius 2 is 0.569 bits per heavy atom. The second-order valence-corrected chi connectivity index (χ2v) is 12.1. The first-order valence-corrected chi connectivity index (χ1v) is 17.0. The van der Waals surface area contributed by atoms with Crippen LogP contribution in [0.5, 0.6) is 0 Å². The van der Waals surface area contributed by atoms with Gasteiger partial charge in [0, 0.05) is 51.0 Å². The number of nitrogens with zero attached hydrogens (tertiary/aromatic N) is 7. The smallest absolute Gasteiger partial charge is 0.265 e. The molecule has 5 aromatic heterocycles. The molecule has 0 atom stereocenters. The van der Waals surface area contributed by atoms with E-state index >= 15 is 0 Å². The average molecular weight is 865 g/mol. The Hall–Kier alpha value is -4.63. The Labute approximate surface area is 297 Å². The molecule has 0 saturated carbocycles. The van der Waals surface area contributed by atoms with Gasteiger partial charge in [0.25, 0.3) is 0 Å². The molecule has 0 aliphatic carbocycles. The minimum absolute atomic E-state index is 0. The maximum atomic E-state index is 9.87. The molecule has 0 N–H and O–H groups in total. The van der Waals surface area contributed by atoms with Gasteiger partial charge in [0.1, 0.15) is 0 Å². The van der Waals surface area contributed by atoms with Gasteiger partial charge in [-0.1, -0.05) is 30.3 Å². The molecule has 0 aliphatic rings. The van der Waals surface area contributed by atoms with E-state index in [0.29, 0.717) is 0 Å². The maximum Gasteiger partial charge on any atom is 2.00 e. The standard InChI is InChI=1S/2C10H8N2.C5H5N.2C2H3N.2F6P.Ru/c2*1-3-7-11-9(5-1)10-6-2-4-8-12-10;1-2-4-6-5-3-1;2*1-2-3;2*1-7(2,3,4,5)6;/h2*1-8H;1-5H;2*1H3;;;/q;;;;;2*-1;+2. The fourth-order valence-corrected chi connectivity index (χ4v) is 2.37. The van der Waals surface area contributed by atoms with Gasteiger partial charge in [-0.3, -0.25) is 24.9 Å². The van der Waals surface area contributed by atoms with Crippen molar-refractivity contribution in [1.29, 1.82) is 10.5 Å². The van der Waals surface area contributed by atoms with E-state index in [1.54, 1.807) is 49.3 Å². The van der Waals surface area contributed by atoms with Crippen LogP contribution in [0, 0.1) is 22.7 Å². The van der Waals surface area contributed by atoms with E-state index < -0.39 is 15.6 Å². The largest absolute Gasteiger partial charge is 2.00 e. The van der Waals surface area contributed by atoms with Crippen molar-refractivity contribution in [3.05, 3.63) is 128 Å². The van der Waals surface area contributed by atoms with Crippen LogP contribution >= 0.6 is 15.6 Å². The van der Waals surface area contributed by atoms with Crippen LogP contribution in [0.3, 0.4) is 0 Å². The Kier molecular flexibility index (Phi) is 20.8. The molecule has 0 unspecified atom stereocenters. The molecule has 22 heteroatoms. The molecule has 0 aromatic carbocycles. The third-order valence-electron chi connectivity index (χ3n) is 3.75. The van der Waals surface area contributed by atoms with Crippen LogP contribution in [-0.2, 0) is 19.5 Å². The molecular weight excluding hydrogens is 837 g/mol. The first kappa shape index (κ1) is 50.7. The van der Waals surface area contributed by atoms with Gasteiger partial charge >= 0.3 is 85.5 Å². The van der Waals surface area contributed by atoms with E-state index in [-0.39, 0.29) is 19.5 Å². The number of hydrogen-bond donors (Lipinski definition) is 0. The Balaban J connectivity index is -0.000000555. The summed E-state index contributed by atoms with van der Waals surface area (Å²) < 4.78 is 118. The monoisotopic (exact) mass is 865 g/mol. The van der Waals surface area contributed by atoms with E-state index in [1.165, 1.54) is 13.8 Å². The van der Waals surface area contributed by atoms with Gasteiger partial charge in [-0.25, -0.2) is 0 Å². The number of hydrogen-bond acceptors (Lipinski definition) is 7. The summed E-state index contributed by atoms with van der Waals surface area (Å²) in [5.74, 6) is 0. The van der Waals surface area contributed by atoms with Gasteiger partial charge in [-0.2, -0.15) is 10.5 Å². The second kappa shape index (κ2) is 20.9. The second-order valence-electron chi connectivity index (χ2n) is 8.25. The van der Waals surface area contributed by atoms with Crippen molar-refractivity contribution in [1.82, 2.24) is 24.9 Å². The van der Waals surface area contributed by atoms with Crippen LogP contribution in [0.2, 0.25) is 0 Å². The van der Waals surface area contributed by atoms with Gasteiger partial charge in [0.15, 0.2) is 0 Å². The number of halogens is 12. The van der Waals surface area contributed by atoms with E-state index in [1.807, 2.05) is 91.0 Å². The zero-order valence-electron chi connectivity index (χ0n) is 26.0. The number of nitriles is 2. The SMILES string of the molecule is CC#N.CC#N.F[P-](F)(F)(F)(F)F.F[P-](F)(F)(F)(F)F.[Ru+2].c1ccc(-c2ccccn2)nc1.c1ccc(-c2ccccn2)nc1.c1ccncc1. The Morgan fingerprint density at radius 1 is 0.392 bits per heavy atom. The molecule has 0 fully saturated rings. The van der Waals surface area contributed by atoms with Crippen molar-refractivity contribution in [3.63, 3.8) is 0 Å². The number of aromatic nitrogens is 5. The summed E-state index contributed by atoms with van der Waals surface area (Å²) >= 11 is 0. The first-order chi connectivity index (χ1) is 22.7. The molecule has 5 aromatic rings. The first-order valence-electron chi connectivity index (χ1n) is 12.9. The fourth-order valence-electron chi connectivity index (χ4n) is 2.37. The van der Waals surface area contributed by atoms with Crippen molar-refractivity contribution >= 4 is 15.6 Å². The zero-order valence-corrected chi connectivity index (χ0v) is 29.6. The molecular formula is C29H27F12N7P2Ru. The molecule has 0 bridgehead atoms. The number of pyridine rings is 5. The van der Waals surface area contributed by atoms with Crippen molar-refractivity contribution in [2.75, 3.05) is 0 Å². The molecule has 0 spiro atoms. The van der Waals surface area contributed by atoms with Gasteiger partial charge in [-0.05, 0) is 60.7 Å². The summed E-state index contributed by atoms with van der Waals surface area (Å²) in [4.78, 5) is 20.5. The zero-order chi connectivity index (χ0) is 38.9. The quantitative estimate of drug-likeness (QED) is 0.0986. The van der Waals surface area contributed by atoms with Crippen molar-refractivity contribution in [2.45, 2.75) is 13.8 Å². The molecule has 0 amide bonds. The van der Waals surface area contributed by atoms with Crippen molar-refractivity contribution < 1.29 is 69.8 Å². The predicted molar refractivity (Wildman–Crippen MR) is 169 cm³/mol. The summed E-state index contributed by atoms with van der Waals surface area (Å²) in [6.07, 6.45) is 10.6. The third-order valence-corrected chi connectivity index (χ3v) is 3.75. The van der Waals surface area contributed by atoms with Crippen LogP contribution in [0.4, 0.5) is 50.4 Å². The summed E-state index contributed by atoms with van der Waals surface area (Å²) in [6.45, 7) is 2.86. The van der Waals surface area contributed by atoms with Crippen LogP contribution in [0.15, 0.2) is 128 Å². The molecule has 7 nitrogen and oxygen atoms in total. The summed E-state index contributed by atoms with van der Waals surface area (Å²) in [7, 11) is -21.3. The van der Waals surface area contributed by atoms with Gasteiger partial charge in [0.2, 0.25) is 0 Å². The molecule has 5 rings (SSSR count). The minimum atomic E-state index is -10.7. The van der Waals surface area contributed by atoms with E-state index in [0.717, 1.165) is 22.8 Å². The molecule has 5 heterocycles. The maximum absolute atomic E-state index is 10.7.